The van der Waals surface area contributed by atoms with Crippen LogP contribution in [0.25, 0.3) is 10.8 Å². The summed E-state index contributed by atoms with van der Waals surface area (Å²) in [5.74, 6) is 0.589. The van der Waals surface area contributed by atoms with Crippen molar-refractivity contribution in [3.63, 3.8) is 0 Å². The number of phenolic OH excluding ortho intramolecular Hbond substituents is 1. The van der Waals surface area contributed by atoms with Crippen molar-refractivity contribution in [1.82, 2.24) is 10.2 Å². The van der Waals surface area contributed by atoms with Crippen LogP contribution in [0.2, 0.25) is 0 Å². The number of phenols is 1. The second-order valence-corrected chi connectivity index (χ2v) is 11.6. The van der Waals surface area contributed by atoms with Crippen LogP contribution in [0.3, 0.4) is 0 Å². The number of nitrogens with zero attached hydrogens (tertiary/aromatic N) is 1. The van der Waals surface area contributed by atoms with Gasteiger partial charge in [-0.15, -0.1) is 0 Å². The van der Waals surface area contributed by atoms with E-state index >= 15 is 0 Å². The lowest BCUT2D eigenvalue weighted by molar-refractivity contribution is -0.186. The predicted molar refractivity (Wildman–Crippen MR) is 147 cm³/mol. The summed E-state index contributed by atoms with van der Waals surface area (Å²) in [5, 5.41) is 15.9. The summed E-state index contributed by atoms with van der Waals surface area (Å²) in [7, 11) is 0. The summed E-state index contributed by atoms with van der Waals surface area (Å²) >= 11 is 0. The lowest BCUT2D eigenvalue weighted by atomic mass is 9.55. The first-order valence-electron chi connectivity index (χ1n) is 13.9. The zero-order valence-corrected chi connectivity index (χ0v) is 22.0. The first-order chi connectivity index (χ1) is 18.4. The lowest BCUT2D eigenvalue weighted by Gasteiger charge is -2.59. The molecule has 6 heteroatoms. The van der Waals surface area contributed by atoms with Gasteiger partial charge < -0.3 is 15.2 Å². The van der Waals surface area contributed by atoms with E-state index < -0.39 is 11.0 Å². The Labute approximate surface area is 224 Å². The Morgan fingerprint density at radius 2 is 1.82 bits per heavy atom. The monoisotopic (exact) mass is 512 g/mol. The number of benzene rings is 3. The zero-order valence-electron chi connectivity index (χ0n) is 22.0. The van der Waals surface area contributed by atoms with E-state index in [1.54, 1.807) is 6.07 Å². The Morgan fingerprint density at radius 3 is 2.58 bits per heavy atom. The van der Waals surface area contributed by atoms with Crippen molar-refractivity contribution in [2.24, 2.45) is 5.92 Å². The fourth-order valence-electron chi connectivity index (χ4n) is 7.03. The molecule has 198 valence electrons. The average Bonchev–Trinajstić information content (AvgIpc) is 3.72. The smallest absolute Gasteiger partial charge is 0.303 e. The molecule has 1 aliphatic heterocycles. The quantitative estimate of drug-likeness (QED) is 0.445. The maximum absolute atomic E-state index is 13.4. The number of esters is 1. The molecule has 3 aromatic rings. The van der Waals surface area contributed by atoms with Crippen LogP contribution in [-0.4, -0.2) is 53.2 Å². The van der Waals surface area contributed by atoms with Crippen LogP contribution >= 0.6 is 0 Å². The molecule has 1 amide bonds. The second-order valence-electron chi connectivity index (χ2n) is 11.6. The molecule has 6 nitrogen and oxygen atoms in total. The number of fused-ring (bicyclic) bond motifs is 2. The van der Waals surface area contributed by atoms with Crippen molar-refractivity contribution >= 4 is 22.6 Å². The minimum Gasteiger partial charge on any atom is -0.508 e. The maximum Gasteiger partial charge on any atom is 0.303 e. The van der Waals surface area contributed by atoms with Crippen LogP contribution < -0.4 is 5.32 Å². The molecule has 0 bridgehead atoms. The van der Waals surface area contributed by atoms with Crippen molar-refractivity contribution in [2.75, 3.05) is 19.6 Å². The van der Waals surface area contributed by atoms with Gasteiger partial charge >= 0.3 is 5.97 Å². The number of likely N-dealkylation sites (tertiary alicyclic amines) is 1. The molecule has 0 spiro atoms. The summed E-state index contributed by atoms with van der Waals surface area (Å²) in [5.41, 5.74) is 0.418. The molecule has 0 aromatic heterocycles. The molecule has 38 heavy (non-hydrogen) atoms. The average molecular weight is 513 g/mol. The van der Waals surface area contributed by atoms with Crippen LogP contribution in [0, 0.1) is 5.92 Å². The number of piperidine rings is 1. The molecule has 2 N–H and O–H groups in total. The predicted octanol–water partition coefficient (Wildman–Crippen LogP) is 5.18. The number of carbonyl (C=O) groups excluding carboxylic acids is 2. The molecule has 2 saturated carbocycles. The van der Waals surface area contributed by atoms with Gasteiger partial charge in [-0.25, -0.2) is 0 Å². The van der Waals surface area contributed by atoms with Crippen molar-refractivity contribution in [2.45, 2.75) is 62.5 Å². The molecule has 3 unspecified atom stereocenters. The van der Waals surface area contributed by atoms with Crippen molar-refractivity contribution in [3.8, 4) is 5.75 Å². The van der Waals surface area contributed by atoms with Crippen LogP contribution in [0.1, 0.15) is 61.4 Å². The highest BCUT2D eigenvalue weighted by Gasteiger charge is 2.61. The van der Waals surface area contributed by atoms with Gasteiger partial charge in [-0.2, -0.15) is 0 Å². The van der Waals surface area contributed by atoms with Gasteiger partial charge in [-0.05, 0) is 91.6 Å². The van der Waals surface area contributed by atoms with E-state index in [0.29, 0.717) is 24.9 Å². The number of rotatable bonds is 6. The highest BCUT2D eigenvalue weighted by atomic mass is 16.6. The largest absolute Gasteiger partial charge is 0.508 e. The fourth-order valence-corrected chi connectivity index (χ4v) is 7.03. The van der Waals surface area contributed by atoms with Gasteiger partial charge in [-0.1, -0.05) is 42.5 Å². The highest BCUT2D eigenvalue weighted by molar-refractivity contribution is 5.98. The van der Waals surface area contributed by atoms with Gasteiger partial charge in [0.1, 0.15) is 11.4 Å². The molecule has 3 aliphatic rings. The number of hydrogen-bond donors (Lipinski definition) is 2. The van der Waals surface area contributed by atoms with Crippen LogP contribution in [0.15, 0.2) is 66.7 Å². The summed E-state index contributed by atoms with van der Waals surface area (Å²) in [6.07, 6.45) is 5.39. The second kappa shape index (κ2) is 9.73. The van der Waals surface area contributed by atoms with E-state index in [2.05, 4.69) is 10.2 Å². The molecule has 3 fully saturated rings. The molecule has 3 atom stereocenters. The third kappa shape index (κ3) is 4.66. The summed E-state index contributed by atoms with van der Waals surface area (Å²) in [6, 6.07) is 21.2. The topological polar surface area (TPSA) is 78.9 Å². The van der Waals surface area contributed by atoms with Crippen molar-refractivity contribution in [3.05, 3.63) is 77.9 Å². The molecule has 0 radical (unpaired) electrons. The Morgan fingerprint density at radius 1 is 1.00 bits per heavy atom. The molecule has 3 aromatic carbocycles. The molecule has 2 aliphatic carbocycles. The van der Waals surface area contributed by atoms with E-state index in [1.165, 1.54) is 19.8 Å². The van der Waals surface area contributed by atoms with Crippen LogP contribution in [-0.2, 0) is 14.9 Å². The highest BCUT2D eigenvalue weighted by Crippen LogP contribution is 2.54. The normalized spacial score (nSPS) is 27.4. The third-order valence-electron chi connectivity index (χ3n) is 9.00. The van der Waals surface area contributed by atoms with Crippen LogP contribution in [0.5, 0.6) is 5.75 Å². The summed E-state index contributed by atoms with van der Waals surface area (Å²) in [6.45, 7) is 4.13. The first-order valence-corrected chi connectivity index (χ1v) is 13.9. The van der Waals surface area contributed by atoms with E-state index in [9.17, 15) is 14.7 Å². The maximum atomic E-state index is 13.4. The summed E-state index contributed by atoms with van der Waals surface area (Å²) in [4.78, 5) is 28.4. The van der Waals surface area contributed by atoms with E-state index in [0.717, 1.165) is 48.2 Å². The Hall–Kier alpha value is -3.38. The molecule has 1 heterocycles. The lowest BCUT2D eigenvalue weighted by Crippen LogP contribution is -2.68. The Kier molecular flexibility index (Phi) is 6.39. The van der Waals surface area contributed by atoms with E-state index in [4.69, 9.17) is 4.74 Å². The van der Waals surface area contributed by atoms with Crippen molar-refractivity contribution < 1.29 is 19.4 Å². The number of amides is 1. The summed E-state index contributed by atoms with van der Waals surface area (Å²) < 4.78 is 6.32. The number of carbonyl (C=O) groups is 2. The van der Waals surface area contributed by atoms with Crippen molar-refractivity contribution in [1.29, 1.82) is 0 Å². The number of hydrogen-bond acceptors (Lipinski definition) is 5. The molecular weight excluding hydrogens is 476 g/mol. The Bertz CT molecular complexity index is 1370. The standard InChI is InChI=1S/C32H36N2O4/c1-22(35)38-32-14-13-28(33-30(37)26-12-11-24-5-2-3-6-25(24)17-26)19-31(32,27-7-4-8-29(36)18-27)15-16-34(21-32)20-23-9-10-23/h2-8,11-12,17-18,23,28,36H,9-10,13-16,19-21H2,1H3,(H,33,37). The molecule has 1 saturated heterocycles. The fraction of sp³-hybridized carbons (Fsp3) is 0.438. The van der Waals surface area contributed by atoms with Crippen LogP contribution in [0.4, 0.5) is 0 Å². The van der Waals surface area contributed by atoms with Gasteiger partial charge in [0.15, 0.2) is 0 Å². The van der Waals surface area contributed by atoms with E-state index in [1.807, 2.05) is 60.7 Å². The third-order valence-corrected chi connectivity index (χ3v) is 9.00. The number of aromatic hydroxyl groups is 1. The minimum atomic E-state index is -0.704. The van der Waals surface area contributed by atoms with Gasteiger partial charge in [0.25, 0.3) is 5.91 Å². The zero-order chi connectivity index (χ0) is 26.3. The van der Waals surface area contributed by atoms with Gasteiger partial charge in [0, 0.05) is 37.0 Å². The first kappa shape index (κ1) is 24.9. The number of ether oxygens (including phenoxy) is 1. The molecule has 6 rings (SSSR count). The minimum absolute atomic E-state index is 0.0741. The SMILES string of the molecule is CC(=O)OC12CCC(NC(=O)c3ccc4ccccc4c3)CC1(c1cccc(O)c1)CCN(CC1CC1)C2. The van der Waals surface area contributed by atoms with Gasteiger partial charge in [-0.3, -0.25) is 14.5 Å². The number of nitrogens with one attached hydrogen (secondary N) is 1. The van der Waals surface area contributed by atoms with Gasteiger partial charge in [0.2, 0.25) is 0 Å². The van der Waals surface area contributed by atoms with Gasteiger partial charge in [0.05, 0.1) is 0 Å². The van der Waals surface area contributed by atoms with E-state index in [-0.39, 0.29) is 23.7 Å². The molecular formula is C32H36N2O4. The Balaban J connectivity index is 1.32.